The molecule has 0 unspecified atom stereocenters. The van der Waals surface area contributed by atoms with Crippen molar-refractivity contribution in [3.63, 3.8) is 0 Å². The SMILES string of the molecule is Cc1cccc(C)c1OCC(=O)N(CCO)CCc1ccccc1. The van der Waals surface area contributed by atoms with Crippen LogP contribution in [0.15, 0.2) is 48.5 Å². The van der Waals surface area contributed by atoms with E-state index in [4.69, 9.17) is 4.74 Å². The Morgan fingerprint density at radius 3 is 2.29 bits per heavy atom. The highest BCUT2D eigenvalue weighted by Gasteiger charge is 2.15. The summed E-state index contributed by atoms with van der Waals surface area (Å²) < 4.78 is 5.74. The number of aliphatic hydroxyl groups is 1. The van der Waals surface area contributed by atoms with E-state index in [1.54, 1.807) is 4.90 Å². The third-order valence-corrected chi connectivity index (χ3v) is 3.98. The second-order valence-electron chi connectivity index (χ2n) is 5.85. The molecule has 0 atom stereocenters. The van der Waals surface area contributed by atoms with Crippen molar-refractivity contribution in [2.24, 2.45) is 0 Å². The lowest BCUT2D eigenvalue weighted by Crippen LogP contribution is -2.38. The first-order valence-corrected chi connectivity index (χ1v) is 8.23. The Labute approximate surface area is 143 Å². The van der Waals surface area contributed by atoms with Gasteiger partial charge in [0.2, 0.25) is 0 Å². The van der Waals surface area contributed by atoms with Crippen molar-refractivity contribution >= 4 is 5.91 Å². The molecule has 0 heterocycles. The van der Waals surface area contributed by atoms with Gasteiger partial charge >= 0.3 is 0 Å². The molecule has 2 rings (SSSR count). The van der Waals surface area contributed by atoms with Crippen molar-refractivity contribution in [2.75, 3.05) is 26.3 Å². The summed E-state index contributed by atoms with van der Waals surface area (Å²) >= 11 is 0. The summed E-state index contributed by atoms with van der Waals surface area (Å²) in [4.78, 5) is 14.1. The van der Waals surface area contributed by atoms with Gasteiger partial charge in [-0.2, -0.15) is 0 Å². The van der Waals surface area contributed by atoms with Crippen LogP contribution in [0.4, 0.5) is 0 Å². The van der Waals surface area contributed by atoms with Crippen LogP contribution in [0.1, 0.15) is 16.7 Å². The van der Waals surface area contributed by atoms with E-state index in [0.717, 1.165) is 23.3 Å². The van der Waals surface area contributed by atoms with Crippen LogP contribution in [0.2, 0.25) is 0 Å². The molecule has 2 aromatic rings. The summed E-state index contributed by atoms with van der Waals surface area (Å²) in [5.41, 5.74) is 3.20. The van der Waals surface area contributed by atoms with Crippen LogP contribution in [0, 0.1) is 13.8 Å². The van der Waals surface area contributed by atoms with Crippen molar-refractivity contribution < 1.29 is 14.6 Å². The lowest BCUT2D eigenvalue weighted by molar-refractivity contribution is -0.133. The van der Waals surface area contributed by atoms with E-state index in [1.807, 2.05) is 62.4 Å². The number of ether oxygens (including phenoxy) is 1. The average Bonchev–Trinajstić information content (AvgIpc) is 2.59. The highest BCUT2D eigenvalue weighted by Crippen LogP contribution is 2.22. The van der Waals surface area contributed by atoms with Gasteiger partial charge in [-0.3, -0.25) is 4.79 Å². The minimum Gasteiger partial charge on any atom is -0.483 e. The predicted octanol–water partition coefficient (Wildman–Crippen LogP) is 2.75. The van der Waals surface area contributed by atoms with E-state index < -0.39 is 0 Å². The summed E-state index contributed by atoms with van der Waals surface area (Å²) in [6.45, 7) is 4.76. The zero-order valence-corrected chi connectivity index (χ0v) is 14.4. The third kappa shape index (κ3) is 5.10. The molecule has 1 amide bonds. The molecular formula is C20H25NO3. The summed E-state index contributed by atoms with van der Waals surface area (Å²) in [5, 5.41) is 9.22. The summed E-state index contributed by atoms with van der Waals surface area (Å²) in [7, 11) is 0. The fraction of sp³-hybridized carbons (Fsp3) is 0.350. The number of hydrogen-bond donors (Lipinski definition) is 1. The molecule has 0 aliphatic heterocycles. The van der Waals surface area contributed by atoms with Crippen LogP contribution in [0.5, 0.6) is 5.75 Å². The second-order valence-corrected chi connectivity index (χ2v) is 5.85. The monoisotopic (exact) mass is 327 g/mol. The van der Waals surface area contributed by atoms with Crippen LogP contribution in [-0.2, 0) is 11.2 Å². The zero-order valence-electron chi connectivity index (χ0n) is 14.4. The Morgan fingerprint density at radius 1 is 1.00 bits per heavy atom. The van der Waals surface area contributed by atoms with Crippen molar-refractivity contribution in [1.29, 1.82) is 0 Å². The summed E-state index contributed by atoms with van der Waals surface area (Å²) in [5.74, 6) is 0.653. The number of benzene rings is 2. The minimum atomic E-state index is -0.109. The molecule has 0 aliphatic rings. The van der Waals surface area contributed by atoms with Crippen molar-refractivity contribution in [3.8, 4) is 5.75 Å². The van der Waals surface area contributed by atoms with Crippen LogP contribution in [-0.4, -0.2) is 42.2 Å². The van der Waals surface area contributed by atoms with E-state index >= 15 is 0 Å². The van der Waals surface area contributed by atoms with E-state index in [1.165, 1.54) is 5.56 Å². The lowest BCUT2D eigenvalue weighted by Gasteiger charge is -2.22. The maximum atomic E-state index is 12.4. The second kappa shape index (κ2) is 9.08. The smallest absolute Gasteiger partial charge is 0.260 e. The molecule has 0 aliphatic carbocycles. The van der Waals surface area contributed by atoms with Gasteiger partial charge in [-0.1, -0.05) is 48.5 Å². The molecule has 0 saturated heterocycles. The predicted molar refractivity (Wildman–Crippen MR) is 95.2 cm³/mol. The quantitative estimate of drug-likeness (QED) is 0.811. The fourth-order valence-electron chi connectivity index (χ4n) is 2.64. The molecule has 0 bridgehead atoms. The Morgan fingerprint density at radius 2 is 1.67 bits per heavy atom. The van der Waals surface area contributed by atoms with Gasteiger partial charge in [-0.05, 0) is 37.0 Å². The fourth-order valence-corrected chi connectivity index (χ4v) is 2.64. The molecule has 0 saturated carbocycles. The number of aryl methyl sites for hydroxylation is 2. The molecule has 4 nitrogen and oxygen atoms in total. The van der Waals surface area contributed by atoms with Gasteiger partial charge in [0, 0.05) is 13.1 Å². The lowest BCUT2D eigenvalue weighted by atomic mass is 10.1. The summed E-state index contributed by atoms with van der Waals surface area (Å²) in [6.07, 6.45) is 0.760. The van der Waals surface area contributed by atoms with Crippen LogP contribution < -0.4 is 4.74 Å². The third-order valence-electron chi connectivity index (χ3n) is 3.98. The van der Waals surface area contributed by atoms with E-state index in [2.05, 4.69) is 0 Å². The van der Waals surface area contributed by atoms with Crippen LogP contribution >= 0.6 is 0 Å². The molecule has 0 spiro atoms. The summed E-state index contributed by atoms with van der Waals surface area (Å²) in [6, 6.07) is 15.9. The highest BCUT2D eigenvalue weighted by molar-refractivity contribution is 5.77. The van der Waals surface area contributed by atoms with Gasteiger partial charge in [0.05, 0.1) is 6.61 Å². The molecule has 4 heteroatoms. The Bertz CT molecular complexity index is 635. The molecule has 0 radical (unpaired) electrons. The van der Waals surface area contributed by atoms with Crippen molar-refractivity contribution in [3.05, 3.63) is 65.2 Å². The standard InChI is InChI=1S/C20H25NO3/c1-16-7-6-8-17(2)20(16)24-15-19(23)21(13-14-22)12-11-18-9-4-3-5-10-18/h3-10,22H,11-15H2,1-2H3. The highest BCUT2D eigenvalue weighted by atomic mass is 16.5. The van der Waals surface area contributed by atoms with E-state index in [-0.39, 0.29) is 19.1 Å². The largest absolute Gasteiger partial charge is 0.483 e. The van der Waals surface area contributed by atoms with Crippen molar-refractivity contribution in [2.45, 2.75) is 20.3 Å². The first-order valence-electron chi connectivity index (χ1n) is 8.23. The maximum Gasteiger partial charge on any atom is 0.260 e. The van der Waals surface area contributed by atoms with Gasteiger partial charge in [-0.15, -0.1) is 0 Å². The number of para-hydroxylation sites is 1. The van der Waals surface area contributed by atoms with Crippen LogP contribution in [0.25, 0.3) is 0 Å². The molecule has 1 N–H and O–H groups in total. The number of amides is 1. The van der Waals surface area contributed by atoms with E-state index in [0.29, 0.717) is 13.1 Å². The minimum absolute atomic E-state index is 0.0134. The molecule has 24 heavy (non-hydrogen) atoms. The molecule has 128 valence electrons. The Kier molecular flexibility index (Phi) is 6.82. The molecule has 2 aromatic carbocycles. The van der Waals surface area contributed by atoms with Gasteiger partial charge in [0.1, 0.15) is 5.75 Å². The molecule has 0 fully saturated rings. The Balaban J connectivity index is 1.93. The first kappa shape index (κ1) is 18.0. The van der Waals surface area contributed by atoms with Gasteiger partial charge in [0.15, 0.2) is 6.61 Å². The molecular weight excluding hydrogens is 302 g/mol. The normalized spacial score (nSPS) is 10.5. The van der Waals surface area contributed by atoms with Crippen molar-refractivity contribution in [1.82, 2.24) is 4.90 Å². The number of carbonyl (C=O) groups excluding carboxylic acids is 1. The number of aliphatic hydroxyl groups excluding tert-OH is 1. The molecule has 0 aromatic heterocycles. The maximum absolute atomic E-state index is 12.4. The topological polar surface area (TPSA) is 49.8 Å². The van der Waals surface area contributed by atoms with Crippen LogP contribution in [0.3, 0.4) is 0 Å². The number of rotatable bonds is 8. The first-order chi connectivity index (χ1) is 11.6. The van der Waals surface area contributed by atoms with Gasteiger partial charge < -0.3 is 14.7 Å². The van der Waals surface area contributed by atoms with Gasteiger partial charge in [0.25, 0.3) is 5.91 Å². The van der Waals surface area contributed by atoms with E-state index in [9.17, 15) is 9.90 Å². The Hall–Kier alpha value is -2.33. The average molecular weight is 327 g/mol. The van der Waals surface area contributed by atoms with Gasteiger partial charge in [-0.25, -0.2) is 0 Å². The number of carbonyl (C=O) groups is 1. The number of hydrogen-bond acceptors (Lipinski definition) is 3. The zero-order chi connectivity index (χ0) is 17.4. The number of nitrogens with zero attached hydrogens (tertiary/aromatic N) is 1.